The molecule has 26 heavy (non-hydrogen) atoms. The topological polar surface area (TPSA) is 72.7 Å². The van der Waals surface area contributed by atoms with Gasteiger partial charge in [-0.1, -0.05) is 17.7 Å². The van der Waals surface area contributed by atoms with Crippen LogP contribution in [0.5, 0.6) is 0 Å². The number of aromatic nitrogens is 2. The van der Waals surface area contributed by atoms with E-state index in [1.807, 2.05) is 57.3 Å². The molecule has 6 heteroatoms. The Kier molecular flexibility index (Phi) is 4.75. The lowest BCUT2D eigenvalue weighted by Gasteiger charge is -2.14. The highest BCUT2D eigenvalue weighted by molar-refractivity contribution is 5.97. The normalized spacial score (nSPS) is 12.0. The van der Waals surface area contributed by atoms with Crippen molar-refractivity contribution < 1.29 is 14.3 Å². The lowest BCUT2D eigenvalue weighted by Crippen LogP contribution is -2.30. The molecule has 0 saturated heterocycles. The average molecular weight is 351 g/mol. The molecule has 0 fully saturated rings. The van der Waals surface area contributed by atoms with Crippen LogP contribution < -0.4 is 5.32 Å². The second-order valence-corrected chi connectivity index (χ2v) is 6.45. The number of carbonyl (C=O) groups excluding carboxylic acids is 2. The van der Waals surface area contributed by atoms with Crippen molar-refractivity contribution >= 4 is 23.2 Å². The van der Waals surface area contributed by atoms with Crippen LogP contribution in [0.1, 0.15) is 34.1 Å². The number of aryl methyl sites for hydroxylation is 3. The number of fused-ring (bicyclic) bond motifs is 1. The highest BCUT2D eigenvalue weighted by Crippen LogP contribution is 2.17. The van der Waals surface area contributed by atoms with Gasteiger partial charge < -0.3 is 14.5 Å². The monoisotopic (exact) mass is 351 g/mol. The van der Waals surface area contributed by atoms with Crippen molar-refractivity contribution in [3.05, 3.63) is 65.1 Å². The summed E-state index contributed by atoms with van der Waals surface area (Å²) in [5.74, 6) is -1.01. The molecule has 0 aliphatic rings. The van der Waals surface area contributed by atoms with Gasteiger partial charge in [-0.05, 0) is 57.0 Å². The molecule has 0 radical (unpaired) electrons. The van der Waals surface area contributed by atoms with Crippen LogP contribution in [0.25, 0.3) is 5.65 Å². The molecule has 1 unspecified atom stereocenters. The van der Waals surface area contributed by atoms with Crippen molar-refractivity contribution in [3.63, 3.8) is 0 Å². The smallest absolute Gasteiger partial charge is 0.359 e. The van der Waals surface area contributed by atoms with Crippen LogP contribution in [0.3, 0.4) is 0 Å². The van der Waals surface area contributed by atoms with E-state index in [4.69, 9.17) is 4.74 Å². The number of nitrogens with zero attached hydrogens (tertiary/aromatic N) is 2. The highest BCUT2D eigenvalue weighted by Gasteiger charge is 2.21. The predicted molar refractivity (Wildman–Crippen MR) is 99.4 cm³/mol. The number of rotatable bonds is 4. The van der Waals surface area contributed by atoms with E-state index in [0.717, 1.165) is 16.7 Å². The first-order valence-corrected chi connectivity index (χ1v) is 8.38. The lowest BCUT2D eigenvalue weighted by molar-refractivity contribution is -0.123. The van der Waals surface area contributed by atoms with Crippen LogP contribution in [0.4, 0.5) is 5.69 Å². The zero-order valence-corrected chi connectivity index (χ0v) is 15.2. The minimum absolute atomic E-state index is 0.168. The van der Waals surface area contributed by atoms with Crippen LogP contribution >= 0.6 is 0 Å². The average Bonchev–Trinajstić information content (AvgIpc) is 3.00. The molecule has 1 atom stereocenters. The molecule has 0 aliphatic heterocycles. The number of benzene rings is 1. The number of anilines is 1. The number of esters is 1. The third-order valence-electron chi connectivity index (χ3n) is 4.12. The second kappa shape index (κ2) is 7.00. The van der Waals surface area contributed by atoms with E-state index in [0.29, 0.717) is 11.3 Å². The maximum Gasteiger partial charge on any atom is 0.359 e. The summed E-state index contributed by atoms with van der Waals surface area (Å²) in [6, 6.07) is 9.52. The summed E-state index contributed by atoms with van der Waals surface area (Å²) in [4.78, 5) is 28.9. The molecule has 0 saturated carbocycles. The minimum atomic E-state index is -0.935. The number of nitrogens with one attached hydrogen (secondary N) is 1. The van der Waals surface area contributed by atoms with Crippen molar-refractivity contribution in [2.24, 2.45) is 0 Å². The second-order valence-electron chi connectivity index (χ2n) is 6.45. The summed E-state index contributed by atoms with van der Waals surface area (Å²) in [6.07, 6.45) is 2.48. The van der Waals surface area contributed by atoms with Gasteiger partial charge in [0, 0.05) is 18.1 Å². The van der Waals surface area contributed by atoms with Crippen LogP contribution in [-0.4, -0.2) is 27.4 Å². The molecule has 1 amide bonds. The number of carbonyl (C=O) groups is 2. The number of ether oxygens (including phenoxy) is 1. The summed E-state index contributed by atoms with van der Waals surface area (Å²) in [5.41, 5.74) is 4.64. The molecule has 0 spiro atoms. The van der Waals surface area contributed by atoms with Gasteiger partial charge in [0.15, 0.2) is 11.8 Å². The number of pyridine rings is 1. The molecule has 1 N–H and O–H groups in total. The van der Waals surface area contributed by atoms with Crippen LogP contribution in [0.15, 0.2) is 42.7 Å². The SMILES string of the molecule is Cc1ccc(NC(=O)C(C)OC(=O)c2cn3ccc(C)cc3n2)c(C)c1. The molecule has 0 bridgehead atoms. The van der Waals surface area contributed by atoms with E-state index in [2.05, 4.69) is 10.3 Å². The van der Waals surface area contributed by atoms with Gasteiger partial charge in [-0.3, -0.25) is 4.79 Å². The van der Waals surface area contributed by atoms with Crippen LogP contribution in [0.2, 0.25) is 0 Å². The Labute approximate surface area is 151 Å². The van der Waals surface area contributed by atoms with E-state index in [-0.39, 0.29) is 11.6 Å². The first-order chi connectivity index (χ1) is 12.3. The highest BCUT2D eigenvalue weighted by atomic mass is 16.5. The summed E-state index contributed by atoms with van der Waals surface area (Å²) < 4.78 is 7.01. The van der Waals surface area contributed by atoms with Gasteiger partial charge in [0.05, 0.1) is 0 Å². The third kappa shape index (κ3) is 3.74. The molecule has 2 aromatic heterocycles. The number of amides is 1. The van der Waals surface area contributed by atoms with Gasteiger partial charge in [-0.25, -0.2) is 9.78 Å². The van der Waals surface area contributed by atoms with Crippen LogP contribution in [-0.2, 0) is 9.53 Å². The molecule has 6 nitrogen and oxygen atoms in total. The number of hydrogen-bond donors (Lipinski definition) is 1. The van der Waals surface area contributed by atoms with Crippen molar-refractivity contribution in [3.8, 4) is 0 Å². The Bertz CT molecular complexity index is 991. The molecule has 1 aromatic carbocycles. The molecule has 3 rings (SSSR count). The molecule has 134 valence electrons. The summed E-state index contributed by atoms with van der Waals surface area (Å²) in [5, 5.41) is 2.79. The molecule has 3 aromatic rings. The standard InChI is InChI=1S/C20H21N3O3/c1-12-5-6-16(14(3)9-12)22-19(24)15(4)26-20(25)17-11-23-8-7-13(2)10-18(23)21-17/h5-11,15H,1-4H3,(H,22,24). The maximum absolute atomic E-state index is 12.3. The van der Waals surface area contributed by atoms with Gasteiger partial charge in [0.25, 0.3) is 5.91 Å². The van der Waals surface area contributed by atoms with E-state index in [1.165, 1.54) is 6.92 Å². The maximum atomic E-state index is 12.3. The zero-order chi connectivity index (χ0) is 18.8. The largest absolute Gasteiger partial charge is 0.448 e. The van der Waals surface area contributed by atoms with Crippen molar-refractivity contribution in [1.82, 2.24) is 9.38 Å². The van der Waals surface area contributed by atoms with Gasteiger partial charge in [-0.15, -0.1) is 0 Å². The van der Waals surface area contributed by atoms with Crippen molar-refractivity contribution in [2.75, 3.05) is 5.32 Å². The fourth-order valence-electron chi connectivity index (χ4n) is 2.64. The molecular formula is C20H21N3O3. The minimum Gasteiger partial charge on any atom is -0.448 e. The Morgan fingerprint density at radius 3 is 2.58 bits per heavy atom. The van der Waals surface area contributed by atoms with E-state index >= 15 is 0 Å². The first-order valence-electron chi connectivity index (χ1n) is 8.38. The molecular weight excluding hydrogens is 330 g/mol. The summed E-state index contributed by atoms with van der Waals surface area (Å²) in [6.45, 7) is 7.39. The fraction of sp³-hybridized carbons (Fsp3) is 0.250. The van der Waals surface area contributed by atoms with E-state index < -0.39 is 12.1 Å². The Hall–Kier alpha value is -3.15. The van der Waals surface area contributed by atoms with Crippen LogP contribution in [0, 0.1) is 20.8 Å². The van der Waals surface area contributed by atoms with Crippen molar-refractivity contribution in [2.45, 2.75) is 33.8 Å². The number of hydrogen-bond acceptors (Lipinski definition) is 4. The van der Waals surface area contributed by atoms with Gasteiger partial charge in [0.2, 0.25) is 0 Å². The van der Waals surface area contributed by atoms with Gasteiger partial charge >= 0.3 is 5.97 Å². The summed E-state index contributed by atoms with van der Waals surface area (Å²) in [7, 11) is 0. The molecule has 2 heterocycles. The zero-order valence-electron chi connectivity index (χ0n) is 15.2. The van der Waals surface area contributed by atoms with Gasteiger partial charge in [0.1, 0.15) is 5.65 Å². The first kappa shape index (κ1) is 17.7. The van der Waals surface area contributed by atoms with E-state index in [1.54, 1.807) is 10.6 Å². The van der Waals surface area contributed by atoms with Gasteiger partial charge in [-0.2, -0.15) is 0 Å². The third-order valence-corrected chi connectivity index (χ3v) is 4.12. The molecule has 0 aliphatic carbocycles. The quantitative estimate of drug-likeness (QED) is 0.731. The Balaban J connectivity index is 1.68. The Morgan fingerprint density at radius 1 is 1.12 bits per heavy atom. The Morgan fingerprint density at radius 2 is 1.85 bits per heavy atom. The summed E-state index contributed by atoms with van der Waals surface area (Å²) >= 11 is 0. The lowest BCUT2D eigenvalue weighted by atomic mass is 10.1. The van der Waals surface area contributed by atoms with E-state index in [9.17, 15) is 9.59 Å². The fourth-order valence-corrected chi connectivity index (χ4v) is 2.64. The van der Waals surface area contributed by atoms with Crippen molar-refractivity contribution in [1.29, 1.82) is 0 Å². The predicted octanol–water partition coefficient (Wildman–Crippen LogP) is 3.44. The number of imidazole rings is 1.